The molecule has 1 aromatic rings. The zero-order valence-electron chi connectivity index (χ0n) is 12.6. The fourth-order valence-corrected chi connectivity index (χ4v) is 3.20. The van der Waals surface area contributed by atoms with E-state index in [2.05, 4.69) is 0 Å². The Morgan fingerprint density at radius 1 is 1.14 bits per heavy atom. The van der Waals surface area contributed by atoms with Crippen LogP contribution in [-0.4, -0.2) is 31.1 Å². The number of carbonyl (C=O) groups is 1. The lowest BCUT2D eigenvalue weighted by Crippen LogP contribution is -2.33. The SMILES string of the molecule is CN(Cc1ccc2c(c1)OCCO2)C(=O)C1CCCCC1. The summed E-state index contributed by atoms with van der Waals surface area (Å²) in [6, 6.07) is 5.93. The molecular weight excluding hydrogens is 266 g/mol. The van der Waals surface area contributed by atoms with E-state index in [9.17, 15) is 4.79 Å². The number of hydrogen-bond donors (Lipinski definition) is 0. The summed E-state index contributed by atoms with van der Waals surface area (Å²) in [5, 5.41) is 0. The topological polar surface area (TPSA) is 38.8 Å². The van der Waals surface area contributed by atoms with Crippen molar-refractivity contribution in [2.45, 2.75) is 38.6 Å². The fraction of sp³-hybridized carbons (Fsp3) is 0.588. The Hall–Kier alpha value is -1.71. The van der Waals surface area contributed by atoms with Crippen LogP contribution in [0.1, 0.15) is 37.7 Å². The Labute approximate surface area is 126 Å². The number of carbonyl (C=O) groups excluding carboxylic acids is 1. The van der Waals surface area contributed by atoms with E-state index in [-0.39, 0.29) is 11.8 Å². The highest BCUT2D eigenvalue weighted by Gasteiger charge is 2.24. The summed E-state index contributed by atoms with van der Waals surface area (Å²) in [7, 11) is 1.90. The predicted octanol–water partition coefficient (Wildman–Crippen LogP) is 3.00. The van der Waals surface area contributed by atoms with E-state index in [0.29, 0.717) is 19.8 Å². The van der Waals surface area contributed by atoms with Gasteiger partial charge >= 0.3 is 0 Å². The molecule has 1 amide bonds. The van der Waals surface area contributed by atoms with Gasteiger partial charge in [-0.05, 0) is 30.5 Å². The molecule has 3 rings (SSSR count). The summed E-state index contributed by atoms with van der Waals surface area (Å²) in [6.07, 6.45) is 5.74. The summed E-state index contributed by atoms with van der Waals surface area (Å²) in [4.78, 5) is 14.3. The van der Waals surface area contributed by atoms with Crippen molar-refractivity contribution in [3.05, 3.63) is 23.8 Å². The van der Waals surface area contributed by atoms with Gasteiger partial charge in [-0.2, -0.15) is 0 Å². The molecule has 21 heavy (non-hydrogen) atoms. The van der Waals surface area contributed by atoms with E-state index in [4.69, 9.17) is 9.47 Å². The van der Waals surface area contributed by atoms with Gasteiger partial charge in [0.15, 0.2) is 11.5 Å². The van der Waals surface area contributed by atoms with Crippen LogP contribution < -0.4 is 9.47 Å². The minimum absolute atomic E-state index is 0.223. The van der Waals surface area contributed by atoms with E-state index < -0.39 is 0 Å². The van der Waals surface area contributed by atoms with Crippen LogP contribution in [0.3, 0.4) is 0 Å². The smallest absolute Gasteiger partial charge is 0.225 e. The standard InChI is InChI=1S/C17H23NO3/c1-18(17(19)14-5-3-2-4-6-14)12-13-7-8-15-16(11-13)21-10-9-20-15/h7-8,11,14H,2-6,9-10,12H2,1H3. The quantitative estimate of drug-likeness (QED) is 0.858. The minimum atomic E-state index is 0.223. The average molecular weight is 289 g/mol. The van der Waals surface area contributed by atoms with Gasteiger partial charge in [-0.1, -0.05) is 25.3 Å². The Balaban J connectivity index is 1.63. The van der Waals surface area contributed by atoms with Gasteiger partial charge in [-0.25, -0.2) is 0 Å². The van der Waals surface area contributed by atoms with Crippen molar-refractivity contribution in [1.29, 1.82) is 0 Å². The molecule has 1 aliphatic heterocycles. The van der Waals surface area contributed by atoms with Crippen LogP contribution in [0, 0.1) is 5.92 Å². The highest BCUT2D eigenvalue weighted by Crippen LogP contribution is 2.31. The van der Waals surface area contributed by atoms with E-state index in [1.54, 1.807) is 0 Å². The van der Waals surface area contributed by atoms with E-state index in [0.717, 1.165) is 29.9 Å². The van der Waals surface area contributed by atoms with Crippen LogP contribution in [0.2, 0.25) is 0 Å². The first-order chi connectivity index (χ1) is 10.2. The number of ether oxygens (including phenoxy) is 2. The van der Waals surface area contributed by atoms with Crippen LogP contribution in [0.15, 0.2) is 18.2 Å². The molecule has 0 aromatic heterocycles. The molecule has 114 valence electrons. The molecule has 4 nitrogen and oxygen atoms in total. The van der Waals surface area contributed by atoms with Gasteiger partial charge in [0.1, 0.15) is 13.2 Å². The molecule has 2 aliphatic rings. The third kappa shape index (κ3) is 3.31. The van der Waals surface area contributed by atoms with Gasteiger partial charge in [-0.3, -0.25) is 4.79 Å². The number of rotatable bonds is 3. The first-order valence-electron chi connectivity index (χ1n) is 7.87. The van der Waals surface area contributed by atoms with Gasteiger partial charge in [-0.15, -0.1) is 0 Å². The molecule has 1 fully saturated rings. The number of amides is 1. The maximum absolute atomic E-state index is 12.5. The Morgan fingerprint density at radius 3 is 2.62 bits per heavy atom. The molecule has 1 saturated carbocycles. The monoisotopic (exact) mass is 289 g/mol. The zero-order chi connectivity index (χ0) is 14.7. The second-order valence-electron chi connectivity index (χ2n) is 6.01. The van der Waals surface area contributed by atoms with Crippen LogP contribution in [0.25, 0.3) is 0 Å². The summed E-state index contributed by atoms with van der Waals surface area (Å²) >= 11 is 0. The number of benzene rings is 1. The second-order valence-corrected chi connectivity index (χ2v) is 6.01. The molecule has 4 heteroatoms. The lowest BCUT2D eigenvalue weighted by Gasteiger charge is -2.27. The number of nitrogens with zero attached hydrogens (tertiary/aromatic N) is 1. The molecule has 1 aliphatic carbocycles. The van der Waals surface area contributed by atoms with Crippen molar-refractivity contribution >= 4 is 5.91 Å². The molecule has 0 unspecified atom stereocenters. The highest BCUT2D eigenvalue weighted by molar-refractivity contribution is 5.78. The lowest BCUT2D eigenvalue weighted by atomic mass is 9.88. The van der Waals surface area contributed by atoms with Gasteiger partial charge in [0.25, 0.3) is 0 Å². The minimum Gasteiger partial charge on any atom is -0.486 e. The predicted molar refractivity (Wildman–Crippen MR) is 80.5 cm³/mol. The number of fused-ring (bicyclic) bond motifs is 1. The molecule has 1 aromatic carbocycles. The summed E-state index contributed by atoms with van der Waals surface area (Å²) in [5.41, 5.74) is 1.09. The Bertz CT molecular complexity index is 509. The number of hydrogen-bond acceptors (Lipinski definition) is 3. The molecule has 0 radical (unpaired) electrons. The van der Waals surface area contributed by atoms with Crippen LogP contribution in [0.4, 0.5) is 0 Å². The van der Waals surface area contributed by atoms with Gasteiger partial charge in [0, 0.05) is 19.5 Å². The Morgan fingerprint density at radius 2 is 1.86 bits per heavy atom. The van der Waals surface area contributed by atoms with Gasteiger partial charge in [0.2, 0.25) is 5.91 Å². The van der Waals surface area contributed by atoms with Crippen molar-refractivity contribution in [2.24, 2.45) is 5.92 Å². The first kappa shape index (κ1) is 14.2. The third-order valence-electron chi connectivity index (χ3n) is 4.36. The molecule has 0 bridgehead atoms. The second kappa shape index (κ2) is 6.37. The van der Waals surface area contributed by atoms with Crippen LogP contribution in [0.5, 0.6) is 11.5 Å². The Kier molecular flexibility index (Phi) is 4.32. The van der Waals surface area contributed by atoms with Crippen molar-refractivity contribution in [3.8, 4) is 11.5 Å². The molecular formula is C17H23NO3. The van der Waals surface area contributed by atoms with E-state index >= 15 is 0 Å². The highest BCUT2D eigenvalue weighted by atomic mass is 16.6. The normalized spacial score (nSPS) is 18.3. The third-order valence-corrected chi connectivity index (χ3v) is 4.36. The van der Waals surface area contributed by atoms with Gasteiger partial charge < -0.3 is 14.4 Å². The lowest BCUT2D eigenvalue weighted by molar-refractivity contribution is -0.135. The summed E-state index contributed by atoms with van der Waals surface area (Å²) in [6.45, 7) is 1.83. The summed E-state index contributed by atoms with van der Waals surface area (Å²) < 4.78 is 11.1. The first-order valence-corrected chi connectivity index (χ1v) is 7.87. The van der Waals surface area contributed by atoms with Crippen molar-refractivity contribution < 1.29 is 14.3 Å². The van der Waals surface area contributed by atoms with Crippen molar-refractivity contribution in [2.75, 3.05) is 20.3 Å². The van der Waals surface area contributed by atoms with Crippen molar-refractivity contribution in [1.82, 2.24) is 4.90 Å². The van der Waals surface area contributed by atoms with Crippen LogP contribution >= 0.6 is 0 Å². The van der Waals surface area contributed by atoms with Gasteiger partial charge in [0.05, 0.1) is 0 Å². The van der Waals surface area contributed by atoms with E-state index in [1.807, 2.05) is 30.1 Å². The molecule has 0 N–H and O–H groups in total. The largest absolute Gasteiger partial charge is 0.486 e. The fourth-order valence-electron chi connectivity index (χ4n) is 3.20. The average Bonchev–Trinajstić information content (AvgIpc) is 2.55. The maximum Gasteiger partial charge on any atom is 0.225 e. The molecule has 0 atom stereocenters. The molecule has 0 saturated heterocycles. The zero-order valence-corrected chi connectivity index (χ0v) is 12.6. The van der Waals surface area contributed by atoms with E-state index in [1.165, 1.54) is 19.3 Å². The van der Waals surface area contributed by atoms with Crippen LogP contribution in [-0.2, 0) is 11.3 Å². The molecule has 0 spiro atoms. The van der Waals surface area contributed by atoms with Crippen molar-refractivity contribution in [3.63, 3.8) is 0 Å². The maximum atomic E-state index is 12.5. The molecule has 1 heterocycles. The summed E-state index contributed by atoms with van der Waals surface area (Å²) in [5.74, 6) is 2.09.